The fraction of sp³-hybridized carbons (Fsp3) is 0.438. The Labute approximate surface area is 121 Å². The van der Waals surface area contributed by atoms with Crippen molar-refractivity contribution in [1.82, 2.24) is 4.90 Å². The van der Waals surface area contributed by atoms with Crippen LogP contribution in [-0.2, 0) is 4.74 Å². The van der Waals surface area contributed by atoms with Gasteiger partial charge in [-0.15, -0.1) is 0 Å². The van der Waals surface area contributed by atoms with Gasteiger partial charge in [0.1, 0.15) is 17.3 Å². The molecule has 4 heteroatoms. The fourth-order valence-electron chi connectivity index (χ4n) is 2.06. The van der Waals surface area contributed by atoms with Crippen LogP contribution in [0.4, 0.5) is 0 Å². The smallest absolute Gasteiger partial charge is 0.132 e. The average molecular weight is 276 g/mol. The summed E-state index contributed by atoms with van der Waals surface area (Å²) in [6, 6.07) is 7.70. The molecule has 110 valence electrons. The van der Waals surface area contributed by atoms with E-state index in [2.05, 4.69) is 0 Å². The van der Waals surface area contributed by atoms with Gasteiger partial charge in [-0.1, -0.05) is 12.1 Å². The highest BCUT2D eigenvalue weighted by atomic mass is 16.5. The number of rotatable bonds is 6. The van der Waals surface area contributed by atoms with Crippen LogP contribution < -0.4 is 4.74 Å². The van der Waals surface area contributed by atoms with Crippen LogP contribution in [0.25, 0.3) is 5.57 Å². The normalized spacial score (nSPS) is 11.7. The number of amidine groups is 1. The predicted molar refractivity (Wildman–Crippen MR) is 83.2 cm³/mol. The van der Waals surface area contributed by atoms with Crippen LogP contribution in [0.1, 0.15) is 26.3 Å². The number of benzene rings is 1. The van der Waals surface area contributed by atoms with E-state index in [4.69, 9.17) is 14.9 Å². The van der Waals surface area contributed by atoms with Crippen molar-refractivity contribution in [3.63, 3.8) is 0 Å². The van der Waals surface area contributed by atoms with Gasteiger partial charge >= 0.3 is 0 Å². The van der Waals surface area contributed by atoms with Gasteiger partial charge < -0.3 is 14.4 Å². The highest BCUT2D eigenvalue weighted by molar-refractivity contribution is 6.21. The van der Waals surface area contributed by atoms with Crippen LogP contribution >= 0.6 is 0 Å². The molecule has 20 heavy (non-hydrogen) atoms. The molecule has 0 heterocycles. The number of likely N-dealkylation sites (N-methyl/N-ethyl adjacent to an activating group) is 1. The van der Waals surface area contributed by atoms with Gasteiger partial charge in [0.25, 0.3) is 0 Å². The van der Waals surface area contributed by atoms with Crippen LogP contribution in [0.5, 0.6) is 5.75 Å². The second-order valence-corrected chi connectivity index (χ2v) is 4.38. The SMILES string of the molecule is CCN(CC)C(=N)/C(=C(/C)OC)c1ccc(OC)cc1. The molecule has 0 aliphatic heterocycles. The largest absolute Gasteiger partial charge is 0.501 e. The quantitative estimate of drug-likeness (QED) is 0.492. The number of allylic oxidation sites excluding steroid dienone is 1. The molecule has 0 atom stereocenters. The van der Waals surface area contributed by atoms with Crippen LogP contribution in [0, 0.1) is 5.41 Å². The summed E-state index contributed by atoms with van der Waals surface area (Å²) in [6.45, 7) is 7.58. The standard InChI is InChI=1S/C16H24N2O2/c1-6-18(7-2)16(17)15(12(3)19-4)13-8-10-14(20-5)11-9-13/h8-11,17H,6-7H2,1-5H3/b15-12-,17-16?. The molecule has 1 N–H and O–H groups in total. The van der Waals surface area contributed by atoms with Gasteiger partial charge in [0.05, 0.1) is 19.8 Å². The molecule has 0 bridgehead atoms. The number of nitrogens with one attached hydrogen (secondary N) is 1. The van der Waals surface area contributed by atoms with E-state index in [0.717, 1.165) is 35.7 Å². The minimum atomic E-state index is 0.486. The summed E-state index contributed by atoms with van der Waals surface area (Å²) in [7, 11) is 3.28. The van der Waals surface area contributed by atoms with E-state index in [1.54, 1.807) is 14.2 Å². The van der Waals surface area contributed by atoms with Gasteiger partial charge in [-0.3, -0.25) is 5.41 Å². The molecule has 1 rings (SSSR count). The van der Waals surface area contributed by atoms with Crippen molar-refractivity contribution < 1.29 is 9.47 Å². The molecule has 0 saturated carbocycles. The zero-order valence-electron chi connectivity index (χ0n) is 13.0. The maximum atomic E-state index is 8.43. The number of methoxy groups -OCH3 is 2. The van der Waals surface area contributed by atoms with E-state index < -0.39 is 0 Å². The highest BCUT2D eigenvalue weighted by Gasteiger charge is 2.17. The summed E-state index contributed by atoms with van der Waals surface area (Å²) >= 11 is 0. The summed E-state index contributed by atoms with van der Waals surface area (Å²) in [5, 5.41) is 8.43. The predicted octanol–water partition coefficient (Wildman–Crippen LogP) is 3.39. The first-order valence-electron chi connectivity index (χ1n) is 6.82. The Morgan fingerprint density at radius 1 is 1.10 bits per heavy atom. The summed E-state index contributed by atoms with van der Waals surface area (Å²) in [5.74, 6) is 2.03. The molecule has 4 nitrogen and oxygen atoms in total. The zero-order valence-corrected chi connectivity index (χ0v) is 13.0. The van der Waals surface area contributed by atoms with Gasteiger partial charge in [0.2, 0.25) is 0 Å². The van der Waals surface area contributed by atoms with Crippen molar-refractivity contribution in [2.24, 2.45) is 0 Å². The van der Waals surface area contributed by atoms with E-state index in [1.165, 1.54) is 0 Å². The van der Waals surface area contributed by atoms with Gasteiger partial charge in [0.15, 0.2) is 0 Å². The Morgan fingerprint density at radius 2 is 1.65 bits per heavy atom. The van der Waals surface area contributed by atoms with Crippen molar-refractivity contribution in [2.75, 3.05) is 27.3 Å². The Morgan fingerprint density at radius 3 is 2.05 bits per heavy atom. The van der Waals surface area contributed by atoms with E-state index in [9.17, 15) is 0 Å². The summed E-state index contributed by atoms with van der Waals surface area (Å²) in [5.41, 5.74) is 1.78. The molecule has 0 spiro atoms. The summed E-state index contributed by atoms with van der Waals surface area (Å²) < 4.78 is 10.5. The molecule has 0 fully saturated rings. The molecular weight excluding hydrogens is 252 g/mol. The molecule has 1 aromatic carbocycles. The van der Waals surface area contributed by atoms with E-state index >= 15 is 0 Å². The van der Waals surface area contributed by atoms with E-state index in [1.807, 2.05) is 49.9 Å². The van der Waals surface area contributed by atoms with Crippen LogP contribution in [0.2, 0.25) is 0 Å². The maximum Gasteiger partial charge on any atom is 0.132 e. The van der Waals surface area contributed by atoms with E-state index in [0.29, 0.717) is 5.84 Å². The topological polar surface area (TPSA) is 45.6 Å². The Kier molecular flexibility index (Phi) is 6.10. The van der Waals surface area contributed by atoms with Crippen LogP contribution in [-0.4, -0.2) is 38.0 Å². The van der Waals surface area contributed by atoms with Crippen molar-refractivity contribution in [2.45, 2.75) is 20.8 Å². The zero-order chi connectivity index (χ0) is 15.1. The minimum absolute atomic E-state index is 0.486. The Bertz CT molecular complexity index is 474. The molecule has 0 radical (unpaired) electrons. The lowest BCUT2D eigenvalue weighted by atomic mass is 10.0. The lowest BCUT2D eigenvalue weighted by molar-refractivity contribution is 0.296. The average Bonchev–Trinajstić information content (AvgIpc) is 2.49. The highest BCUT2D eigenvalue weighted by Crippen LogP contribution is 2.24. The van der Waals surface area contributed by atoms with Crippen molar-refractivity contribution in [3.05, 3.63) is 35.6 Å². The molecule has 0 saturated heterocycles. The summed E-state index contributed by atoms with van der Waals surface area (Å²) in [4.78, 5) is 2.00. The van der Waals surface area contributed by atoms with E-state index in [-0.39, 0.29) is 0 Å². The molecule has 0 aliphatic rings. The van der Waals surface area contributed by atoms with Gasteiger partial charge in [-0.05, 0) is 38.5 Å². The second-order valence-electron chi connectivity index (χ2n) is 4.38. The number of hydrogen-bond donors (Lipinski definition) is 1. The number of hydrogen-bond acceptors (Lipinski definition) is 3. The number of nitrogens with zero attached hydrogens (tertiary/aromatic N) is 1. The molecule has 0 unspecified atom stereocenters. The first kappa shape index (κ1) is 16.1. The van der Waals surface area contributed by atoms with Crippen molar-refractivity contribution in [1.29, 1.82) is 5.41 Å². The van der Waals surface area contributed by atoms with Crippen molar-refractivity contribution in [3.8, 4) is 5.75 Å². The summed E-state index contributed by atoms with van der Waals surface area (Å²) in [6.07, 6.45) is 0. The van der Waals surface area contributed by atoms with Gasteiger partial charge in [0, 0.05) is 13.1 Å². The monoisotopic (exact) mass is 276 g/mol. The first-order valence-corrected chi connectivity index (χ1v) is 6.82. The Balaban J connectivity index is 3.23. The third-order valence-electron chi connectivity index (χ3n) is 3.35. The van der Waals surface area contributed by atoms with Crippen LogP contribution in [0.15, 0.2) is 30.0 Å². The van der Waals surface area contributed by atoms with Gasteiger partial charge in [-0.2, -0.15) is 0 Å². The lowest BCUT2D eigenvalue weighted by Crippen LogP contribution is -2.31. The molecule has 0 aromatic heterocycles. The molecule has 0 amide bonds. The molecule has 1 aromatic rings. The number of ether oxygens (including phenoxy) is 2. The van der Waals surface area contributed by atoms with Crippen molar-refractivity contribution >= 4 is 11.4 Å². The Hall–Kier alpha value is -1.97. The second kappa shape index (κ2) is 7.58. The third-order valence-corrected chi connectivity index (χ3v) is 3.35. The maximum absolute atomic E-state index is 8.43. The third kappa shape index (κ3) is 3.53. The fourth-order valence-corrected chi connectivity index (χ4v) is 2.06. The molecular formula is C16H24N2O2. The molecule has 0 aliphatic carbocycles. The van der Waals surface area contributed by atoms with Gasteiger partial charge in [-0.25, -0.2) is 0 Å². The first-order chi connectivity index (χ1) is 9.58. The minimum Gasteiger partial charge on any atom is -0.501 e. The van der Waals surface area contributed by atoms with Crippen LogP contribution in [0.3, 0.4) is 0 Å². The lowest BCUT2D eigenvalue weighted by Gasteiger charge is -2.24.